The van der Waals surface area contributed by atoms with Crippen LogP contribution in [0.1, 0.15) is 12.2 Å². The normalized spacial score (nSPS) is 11.3. The van der Waals surface area contributed by atoms with Crippen LogP contribution in [0.15, 0.2) is 42.1 Å². The zero-order chi connectivity index (χ0) is 23.3. The Morgan fingerprint density at radius 3 is 2.72 bits per heavy atom. The lowest BCUT2D eigenvalue weighted by molar-refractivity contribution is -0.147. The minimum atomic E-state index is -3.85. The van der Waals surface area contributed by atoms with E-state index in [0.29, 0.717) is 22.2 Å². The molecule has 0 aliphatic heterocycles. The average Bonchev–Trinajstić information content (AvgIpc) is 3.37. The van der Waals surface area contributed by atoms with Gasteiger partial charge in [0.15, 0.2) is 11.6 Å². The second kappa shape index (κ2) is 9.89. The zero-order valence-corrected chi connectivity index (χ0v) is 18.7. The lowest BCUT2D eigenvalue weighted by atomic mass is 10.2. The molecule has 12 nitrogen and oxygen atoms in total. The van der Waals surface area contributed by atoms with Crippen LogP contribution in [0.25, 0.3) is 5.69 Å². The predicted molar refractivity (Wildman–Crippen MR) is 114 cm³/mol. The van der Waals surface area contributed by atoms with E-state index >= 15 is 0 Å². The number of carbonyl (C=O) groups excluding carboxylic acids is 2. The summed E-state index contributed by atoms with van der Waals surface area (Å²) in [5, 5.41) is 6.84. The first kappa shape index (κ1) is 23.4. The first-order chi connectivity index (χ1) is 15.2. The van der Waals surface area contributed by atoms with E-state index in [4.69, 9.17) is 16.3 Å². The Labute approximate surface area is 188 Å². The molecular weight excluding hydrogens is 462 g/mol. The monoisotopic (exact) mass is 481 g/mol. The molecule has 3 aromatic rings. The first-order valence-corrected chi connectivity index (χ1v) is 11.1. The van der Waals surface area contributed by atoms with Crippen molar-refractivity contribution in [2.45, 2.75) is 18.4 Å². The number of amides is 1. The molecule has 0 atom stereocenters. The van der Waals surface area contributed by atoms with Gasteiger partial charge in [-0.2, -0.15) is 5.10 Å². The van der Waals surface area contributed by atoms with Gasteiger partial charge in [-0.25, -0.2) is 27.8 Å². The van der Waals surface area contributed by atoms with E-state index < -0.39 is 28.5 Å². The molecular formula is C18H20ClN7O5S. The maximum atomic E-state index is 12.2. The highest BCUT2D eigenvalue weighted by molar-refractivity contribution is 7.89. The molecule has 2 N–H and O–H groups in total. The number of ether oxygens (including phenoxy) is 1. The SMILES string of the molecule is Cc1nc(S(=O)(=O)NCCC(=O)OCC(=O)Nc2cc(Cl)ccc2-n2cncn2)cn1C. The van der Waals surface area contributed by atoms with Crippen molar-refractivity contribution < 1.29 is 22.7 Å². The predicted octanol–water partition coefficient (Wildman–Crippen LogP) is 0.813. The Hall–Kier alpha value is -3.29. The third-order valence-corrected chi connectivity index (χ3v) is 5.81. The smallest absolute Gasteiger partial charge is 0.307 e. The highest BCUT2D eigenvalue weighted by Crippen LogP contribution is 2.23. The third kappa shape index (κ3) is 5.90. The average molecular weight is 482 g/mol. The van der Waals surface area contributed by atoms with Gasteiger partial charge in [0.2, 0.25) is 0 Å². The Kier molecular flexibility index (Phi) is 7.22. The van der Waals surface area contributed by atoms with Gasteiger partial charge >= 0.3 is 5.97 Å². The van der Waals surface area contributed by atoms with E-state index in [9.17, 15) is 18.0 Å². The van der Waals surface area contributed by atoms with Gasteiger partial charge in [-0.3, -0.25) is 9.59 Å². The van der Waals surface area contributed by atoms with Crippen molar-refractivity contribution in [3.8, 4) is 5.69 Å². The van der Waals surface area contributed by atoms with Crippen molar-refractivity contribution in [3.05, 3.63) is 47.9 Å². The van der Waals surface area contributed by atoms with Crippen molar-refractivity contribution in [1.82, 2.24) is 29.0 Å². The number of nitrogens with zero attached hydrogens (tertiary/aromatic N) is 5. The number of nitrogens with one attached hydrogen (secondary N) is 2. The minimum absolute atomic E-state index is 0.144. The Bertz CT molecular complexity index is 1210. The van der Waals surface area contributed by atoms with Gasteiger partial charge < -0.3 is 14.6 Å². The molecule has 2 aromatic heterocycles. The van der Waals surface area contributed by atoms with Crippen LogP contribution in [0, 0.1) is 6.92 Å². The zero-order valence-electron chi connectivity index (χ0n) is 17.1. The number of hydrogen-bond donors (Lipinski definition) is 2. The molecule has 32 heavy (non-hydrogen) atoms. The summed E-state index contributed by atoms with van der Waals surface area (Å²) in [5.41, 5.74) is 0.869. The Morgan fingerprint density at radius 2 is 2.06 bits per heavy atom. The first-order valence-electron chi connectivity index (χ1n) is 9.25. The highest BCUT2D eigenvalue weighted by atomic mass is 35.5. The molecule has 170 valence electrons. The Morgan fingerprint density at radius 1 is 1.28 bits per heavy atom. The van der Waals surface area contributed by atoms with Crippen LogP contribution in [0.4, 0.5) is 5.69 Å². The molecule has 0 saturated carbocycles. The summed E-state index contributed by atoms with van der Waals surface area (Å²) in [7, 11) is -2.19. The fraction of sp³-hybridized carbons (Fsp3) is 0.278. The summed E-state index contributed by atoms with van der Waals surface area (Å²) in [6, 6.07) is 4.79. The molecule has 0 radical (unpaired) electrons. The number of carbonyl (C=O) groups is 2. The van der Waals surface area contributed by atoms with Crippen LogP contribution in [0.5, 0.6) is 0 Å². The number of rotatable bonds is 9. The third-order valence-electron chi connectivity index (χ3n) is 4.25. The van der Waals surface area contributed by atoms with Gasteiger partial charge in [0, 0.05) is 24.8 Å². The number of imidazole rings is 1. The van der Waals surface area contributed by atoms with Gasteiger partial charge in [0.1, 0.15) is 18.5 Å². The molecule has 1 aromatic carbocycles. The molecule has 1 amide bonds. The van der Waals surface area contributed by atoms with Gasteiger partial charge in [0.25, 0.3) is 15.9 Å². The summed E-state index contributed by atoms with van der Waals surface area (Å²) < 4.78 is 34.5. The maximum absolute atomic E-state index is 12.2. The number of anilines is 1. The summed E-state index contributed by atoms with van der Waals surface area (Å²) in [5.74, 6) is -0.823. The number of sulfonamides is 1. The molecule has 0 aliphatic carbocycles. The van der Waals surface area contributed by atoms with Gasteiger partial charge in [-0.15, -0.1) is 0 Å². The van der Waals surface area contributed by atoms with Crippen LogP contribution >= 0.6 is 11.6 Å². The number of benzene rings is 1. The van der Waals surface area contributed by atoms with Crippen molar-refractivity contribution in [1.29, 1.82) is 0 Å². The van der Waals surface area contributed by atoms with Crippen molar-refractivity contribution in [2.24, 2.45) is 7.05 Å². The van der Waals surface area contributed by atoms with Gasteiger partial charge in [-0.1, -0.05) is 11.6 Å². The molecule has 2 heterocycles. The number of aromatic nitrogens is 5. The van der Waals surface area contributed by atoms with Crippen molar-refractivity contribution in [3.63, 3.8) is 0 Å². The number of hydrogen-bond acceptors (Lipinski definition) is 8. The summed E-state index contributed by atoms with van der Waals surface area (Å²) in [4.78, 5) is 31.9. The second-order valence-corrected chi connectivity index (χ2v) is 8.75. The van der Waals surface area contributed by atoms with Crippen LogP contribution in [-0.2, 0) is 31.4 Å². The number of aryl methyl sites for hydroxylation is 2. The quantitative estimate of drug-likeness (QED) is 0.426. The van der Waals surface area contributed by atoms with Crippen LogP contribution in [-0.4, -0.2) is 57.8 Å². The standard InChI is InChI=1S/C18H20ClN7O5S/c1-12-23-17(8-25(12)2)32(29,30)22-6-5-18(28)31-9-16(27)24-14-7-13(19)3-4-15(14)26-11-20-10-21-26/h3-4,7-8,10-11,22H,5-6,9H2,1-2H3,(H,24,27). The van der Waals surface area contributed by atoms with E-state index in [-0.39, 0.29) is 18.0 Å². The maximum Gasteiger partial charge on any atom is 0.307 e. The van der Waals surface area contributed by atoms with Crippen LogP contribution in [0.3, 0.4) is 0 Å². The lowest BCUT2D eigenvalue weighted by Gasteiger charge is -2.11. The Balaban J connectivity index is 1.48. The fourth-order valence-electron chi connectivity index (χ4n) is 2.56. The number of halogens is 1. The molecule has 0 fully saturated rings. The van der Waals surface area contributed by atoms with E-state index in [1.165, 1.54) is 29.6 Å². The molecule has 14 heteroatoms. The van der Waals surface area contributed by atoms with Gasteiger partial charge in [-0.05, 0) is 25.1 Å². The van der Waals surface area contributed by atoms with E-state index in [0.717, 1.165) is 0 Å². The van der Waals surface area contributed by atoms with Crippen LogP contribution < -0.4 is 10.0 Å². The lowest BCUT2D eigenvalue weighted by Crippen LogP contribution is -2.28. The summed E-state index contributed by atoms with van der Waals surface area (Å²) >= 11 is 5.99. The minimum Gasteiger partial charge on any atom is -0.456 e. The molecule has 0 unspecified atom stereocenters. The largest absolute Gasteiger partial charge is 0.456 e. The van der Waals surface area contributed by atoms with Crippen molar-refractivity contribution >= 4 is 39.2 Å². The van der Waals surface area contributed by atoms with E-state index in [1.54, 1.807) is 30.7 Å². The van der Waals surface area contributed by atoms with E-state index in [2.05, 4.69) is 25.1 Å². The van der Waals surface area contributed by atoms with Gasteiger partial charge in [0.05, 0.1) is 17.8 Å². The molecule has 0 bridgehead atoms. The highest BCUT2D eigenvalue weighted by Gasteiger charge is 2.19. The fourth-order valence-corrected chi connectivity index (χ4v) is 3.80. The van der Waals surface area contributed by atoms with E-state index in [1.807, 2.05) is 0 Å². The van der Waals surface area contributed by atoms with Crippen molar-refractivity contribution in [2.75, 3.05) is 18.5 Å². The van der Waals surface area contributed by atoms with Crippen LogP contribution in [0.2, 0.25) is 5.02 Å². The summed E-state index contributed by atoms with van der Waals surface area (Å²) in [6.07, 6.45) is 3.89. The molecule has 0 aliphatic rings. The summed E-state index contributed by atoms with van der Waals surface area (Å²) in [6.45, 7) is 0.900. The molecule has 0 saturated heterocycles. The molecule has 3 rings (SSSR count). The molecule has 0 spiro atoms. The second-order valence-electron chi connectivity index (χ2n) is 6.60. The number of esters is 1. The topological polar surface area (TPSA) is 150 Å².